The van der Waals surface area contributed by atoms with Gasteiger partial charge < -0.3 is 10.2 Å². The first kappa shape index (κ1) is 18.5. The van der Waals surface area contributed by atoms with Crippen molar-refractivity contribution in [2.45, 2.75) is 45.7 Å². The van der Waals surface area contributed by atoms with E-state index in [1.54, 1.807) is 6.21 Å². The van der Waals surface area contributed by atoms with Gasteiger partial charge in [0.2, 0.25) is 5.91 Å². The Balaban J connectivity index is 1.74. The number of hydrazone groups is 1. The van der Waals surface area contributed by atoms with Gasteiger partial charge in [0, 0.05) is 25.6 Å². The number of nitrogens with one attached hydrogen (secondary N) is 1. The normalized spacial score (nSPS) is 22.5. The Labute approximate surface area is 156 Å². The zero-order valence-corrected chi connectivity index (χ0v) is 16.3. The van der Waals surface area contributed by atoms with Gasteiger partial charge in [-0.2, -0.15) is 5.10 Å². The molecule has 0 aromatic heterocycles. The number of para-hydroxylation sites is 2. The van der Waals surface area contributed by atoms with Gasteiger partial charge in [0.1, 0.15) is 6.17 Å². The summed E-state index contributed by atoms with van der Waals surface area (Å²) in [6.45, 7) is 8.64. The molecule has 1 aromatic rings. The molecule has 1 unspecified atom stereocenters. The predicted octanol–water partition coefficient (Wildman–Crippen LogP) is 4.09. The summed E-state index contributed by atoms with van der Waals surface area (Å²) in [7, 11) is 3.79. The molecular weight excluding hydrogens is 324 g/mol. The highest BCUT2D eigenvalue weighted by Gasteiger charge is 2.33. The van der Waals surface area contributed by atoms with Gasteiger partial charge in [-0.1, -0.05) is 32.6 Å². The van der Waals surface area contributed by atoms with Crippen LogP contribution in [0, 0.1) is 11.3 Å². The molecule has 5 heteroatoms. The fourth-order valence-corrected chi connectivity index (χ4v) is 3.80. The van der Waals surface area contributed by atoms with Gasteiger partial charge in [-0.3, -0.25) is 9.80 Å². The highest BCUT2D eigenvalue weighted by molar-refractivity contribution is 5.97. The van der Waals surface area contributed by atoms with Crippen LogP contribution in [0.1, 0.15) is 39.5 Å². The van der Waals surface area contributed by atoms with E-state index in [1.807, 2.05) is 48.3 Å². The Kier molecular flexibility index (Phi) is 5.08. The summed E-state index contributed by atoms with van der Waals surface area (Å²) in [6, 6.07) is 7.94. The summed E-state index contributed by atoms with van der Waals surface area (Å²) in [6.07, 6.45) is 5.85. The molecular formula is C21H30N4O. The third-order valence-corrected chi connectivity index (χ3v) is 5.71. The molecule has 1 amide bonds. The standard InChI is InChI=1S/C21H30N4O/c1-15-14-22-25(5)19(15)23-17-8-6-7-9-18(17)24(4)20(26)16-10-12-21(2,3)13-11-16/h6-9,14,16,19,23H,1,10-13H2,2-5H3. The van der Waals surface area contributed by atoms with Crippen LogP contribution >= 0.6 is 0 Å². The van der Waals surface area contributed by atoms with Gasteiger partial charge in [0.05, 0.1) is 17.6 Å². The molecule has 140 valence electrons. The average molecular weight is 354 g/mol. The van der Waals surface area contributed by atoms with Crippen LogP contribution in [0.2, 0.25) is 0 Å². The van der Waals surface area contributed by atoms with Gasteiger partial charge in [0.15, 0.2) is 0 Å². The number of hydrogen-bond acceptors (Lipinski definition) is 4. The number of benzene rings is 1. The predicted molar refractivity (Wildman–Crippen MR) is 108 cm³/mol. The molecule has 0 spiro atoms. The second-order valence-electron chi connectivity index (χ2n) is 8.29. The molecule has 1 heterocycles. The SMILES string of the molecule is C=C1C=NN(C)C1Nc1ccccc1N(C)C(=O)C1CCC(C)(C)CC1. The van der Waals surface area contributed by atoms with Crippen LogP contribution in [-0.4, -0.2) is 37.4 Å². The van der Waals surface area contributed by atoms with Crippen molar-refractivity contribution in [1.82, 2.24) is 5.01 Å². The van der Waals surface area contributed by atoms with Gasteiger partial charge in [-0.25, -0.2) is 0 Å². The molecule has 1 aliphatic carbocycles. The van der Waals surface area contributed by atoms with E-state index in [4.69, 9.17) is 0 Å². The maximum atomic E-state index is 13.1. The fraction of sp³-hybridized carbons (Fsp3) is 0.524. The minimum atomic E-state index is -0.0878. The van der Waals surface area contributed by atoms with Crippen LogP contribution in [0.25, 0.3) is 0 Å². The topological polar surface area (TPSA) is 47.9 Å². The molecule has 1 aromatic carbocycles. The molecule has 0 bridgehead atoms. The van der Waals surface area contributed by atoms with Crippen molar-refractivity contribution in [3.63, 3.8) is 0 Å². The summed E-state index contributed by atoms with van der Waals surface area (Å²) in [5.41, 5.74) is 3.09. The van der Waals surface area contributed by atoms with Crippen molar-refractivity contribution >= 4 is 23.5 Å². The highest BCUT2D eigenvalue weighted by Crippen LogP contribution is 2.39. The molecule has 1 N–H and O–H groups in total. The average Bonchev–Trinajstić information content (AvgIpc) is 2.93. The van der Waals surface area contributed by atoms with Crippen molar-refractivity contribution in [3.8, 4) is 0 Å². The molecule has 3 rings (SSSR count). The molecule has 5 nitrogen and oxygen atoms in total. The number of nitrogens with zero attached hydrogens (tertiary/aromatic N) is 3. The molecule has 26 heavy (non-hydrogen) atoms. The van der Waals surface area contributed by atoms with E-state index in [0.29, 0.717) is 5.41 Å². The first-order chi connectivity index (χ1) is 12.3. The third kappa shape index (κ3) is 3.76. The molecule has 1 saturated carbocycles. The van der Waals surface area contributed by atoms with Crippen LogP contribution < -0.4 is 10.2 Å². The minimum Gasteiger partial charge on any atom is -0.359 e. The molecule has 1 atom stereocenters. The second kappa shape index (κ2) is 7.14. The van der Waals surface area contributed by atoms with Crippen molar-refractivity contribution in [2.24, 2.45) is 16.4 Å². The zero-order chi connectivity index (χ0) is 18.9. The number of carbonyl (C=O) groups excluding carboxylic acids is 1. The van der Waals surface area contributed by atoms with Gasteiger partial charge >= 0.3 is 0 Å². The molecule has 0 saturated heterocycles. The number of carbonyl (C=O) groups is 1. The van der Waals surface area contributed by atoms with E-state index in [-0.39, 0.29) is 18.0 Å². The third-order valence-electron chi connectivity index (χ3n) is 5.71. The summed E-state index contributed by atoms with van der Waals surface area (Å²) >= 11 is 0. The van der Waals surface area contributed by atoms with E-state index < -0.39 is 0 Å². The van der Waals surface area contributed by atoms with Crippen LogP contribution in [-0.2, 0) is 4.79 Å². The Morgan fingerprint density at radius 3 is 2.58 bits per heavy atom. The lowest BCUT2D eigenvalue weighted by molar-refractivity contribution is -0.123. The van der Waals surface area contributed by atoms with Crippen LogP contribution in [0.15, 0.2) is 41.5 Å². The lowest BCUT2D eigenvalue weighted by atomic mass is 9.73. The Bertz CT molecular complexity index is 714. The van der Waals surface area contributed by atoms with Crippen molar-refractivity contribution in [3.05, 3.63) is 36.4 Å². The minimum absolute atomic E-state index is 0.0878. The van der Waals surface area contributed by atoms with Gasteiger partial charge in [-0.05, 0) is 43.2 Å². The zero-order valence-electron chi connectivity index (χ0n) is 16.3. The largest absolute Gasteiger partial charge is 0.359 e. The Morgan fingerprint density at radius 2 is 1.96 bits per heavy atom. The second-order valence-corrected chi connectivity index (χ2v) is 8.29. The summed E-state index contributed by atoms with van der Waals surface area (Å²) < 4.78 is 0. The van der Waals surface area contributed by atoms with E-state index in [2.05, 4.69) is 30.8 Å². The van der Waals surface area contributed by atoms with Crippen LogP contribution in [0.4, 0.5) is 11.4 Å². The monoisotopic (exact) mass is 354 g/mol. The van der Waals surface area contributed by atoms with Crippen molar-refractivity contribution in [2.75, 3.05) is 24.3 Å². The van der Waals surface area contributed by atoms with Gasteiger partial charge in [-0.15, -0.1) is 0 Å². The van der Waals surface area contributed by atoms with E-state index in [1.165, 1.54) is 0 Å². The maximum absolute atomic E-state index is 13.1. The summed E-state index contributed by atoms with van der Waals surface area (Å²) in [4.78, 5) is 14.9. The fourth-order valence-electron chi connectivity index (χ4n) is 3.80. The number of anilines is 2. The van der Waals surface area contributed by atoms with Crippen LogP contribution in [0.3, 0.4) is 0 Å². The Morgan fingerprint density at radius 1 is 1.31 bits per heavy atom. The van der Waals surface area contributed by atoms with E-state index in [0.717, 1.165) is 42.6 Å². The molecule has 2 aliphatic rings. The maximum Gasteiger partial charge on any atom is 0.229 e. The number of amides is 1. The summed E-state index contributed by atoms with van der Waals surface area (Å²) in [5, 5.41) is 9.56. The van der Waals surface area contributed by atoms with E-state index in [9.17, 15) is 4.79 Å². The Hall–Kier alpha value is -2.30. The lowest BCUT2D eigenvalue weighted by Gasteiger charge is -2.35. The smallest absolute Gasteiger partial charge is 0.229 e. The van der Waals surface area contributed by atoms with E-state index >= 15 is 0 Å². The van der Waals surface area contributed by atoms with Gasteiger partial charge in [0.25, 0.3) is 0 Å². The first-order valence-electron chi connectivity index (χ1n) is 9.37. The van der Waals surface area contributed by atoms with Crippen molar-refractivity contribution in [1.29, 1.82) is 0 Å². The summed E-state index contributed by atoms with van der Waals surface area (Å²) in [5.74, 6) is 0.332. The highest BCUT2D eigenvalue weighted by atomic mass is 16.2. The van der Waals surface area contributed by atoms with Crippen molar-refractivity contribution < 1.29 is 4.79 Å². The van der Waals surface area contributed by atoms with Crippen LogP contribution in [0.5, 0.6) is 0 Å². The molecule has 1 fully saturated rings. The number of rotatable bonds is 4. The first-order valence-corrected chi connectivity index (χ1v) is 9.37. The lowest BCUT2D eigenvalue weighted by Crippen LogP contribution is -2.37. The molecule has 0 radical (unpaired) electrons. The number of likely N-dealkylation sites (N-methyl/N-ethyl adjacent to an activating group) is 1. The molecule has 1 aliphatic heterocycles. The number of hydrogen-bond donors (Lipinski definition) is 1. The quantitative estimate of drug-likeness (QED) is 0.886.